The zero-order valence-electron chi connectivity index (χ0n) is 32.4. The molecule has 0 spiro atoms. The molecule has 2 heterocycles. The lowest BCUT2D eigenvalue weighted by atomic mass is 9.96. The number of benzene rings is 9. The minimum atomic E-state index is 0.960. The van der Waals surface area contributed by atoms with Gasteiger partial charge in [0.05, 0.1) is 33.4 Å². The number of allylic oxidation sites excluding steroid dienone is 3. The van der Waals surface area contributed by atoms with E-state index in [2.05, 4.69) is 217 Å². The van der Waals surface area contributed by atoms with Gasteiger partial charge in [-0.25, -0.2) is 0 Å². The maximum absolute atomic E-state index is 4.15. The van der Waals surface area contributed by atoms with E-state index in [1.807, 2.05) is 6.08 Å². The summed E-state index contributed by atoms with van der Waals surface area (Å²) in [5.74, 6) is 0. The molecule has 0 saturated carbocycles. The van der Waals surface area contributed by atoms with E-state index in [4.69, 9.17) is 0 Å². The molecule has 0 aliphatic heterocycles. The fraction of sp³-hybridized carbons (Fsp3) is 0.0357. The number of hydrogen-bond donors (Lipinski definition) is 0. The van der Waals surface area contributed by atoms with Crippen LogP contribution >= 0.6 is 0 Å². The van der Waals surface area contributed by atoms with Crippen molar-refractivity contribution in [1.29, 1.82) is 0 Å². The van der Waals surface area contributed by atoms with Gasteiger partial charge in [0.25, 0.3) is 0 Å². The molecule has 2 nitrogen and oxygen atoms in total. The van der Waals surface area contributed by atoms with Crippen molar-refractivity contribution in [3.63, 3.8) is 0 Å². The average molecular weight is 741 g/mol. The van der Waals surface area contributed by atoms with Gasteiger partial charge in [0.15, 0.2) is 0 Å². The highest BCUT2D eigenvalue weighted by Crippen LogP contribution is 2.42. The molecular formula is C56H40N2. The second kappa shape index (κ2) is 13.7. The Morgan fingerprint density at radius 3 is 1.45 bits per heavy atom. The first-order chi connectivity index (χ1) is 28.7. The molecule has 0 amide bonds. The zero-order chi connectivity index (χ0) is 38.7. The van der Waals surface area contributed by atoms with Crippen molar-refractivity contribution in [3.05, 3.63) is 212 Å². The summed E-state index contributed by atoms with van der Waals surface area (Å²) in [4.78, 5) is 0. The smallest absolute Gasteiger partial charge is 0.0541 e. The first-order valence-corrected chi connectivity index (χ1v) is 20.2. The number of fused-ring (bicyclic) bond motifs is 8. The molecule has 0 bridgehead atoms. The standard InChI is InChI=1S/C56H40N2/c1-3-16-37(4-2)41-29-33-53(45-21-10-8-19-43(41)45)57-51-25-14-12-23-47(51)49-35-39(27-31-55(49)57)40-28-32-56-50(36-40)48-24-13-15-26-52(48)58(56)54-34-30-42(38-17-6-5-7-18-38)44-20-9-11-22-46(44)54/h4-36H,2-3H2,1H3/b37-16+. The monoisotopic (exact) mass is 740 g/mol. The van der Waals surface area contributed by atoms with Gasteiger partial charge in [0, 0.05) is 32.3 Å². The third kappa shape index (κ3) is 5.19. The molecule has 2 heteroatoms. The SMILES string of the molecule is C=C/C(=C\CC)c1ccc(-n2c3ccccc3c3cc(-c4ccc5c(c4)c4ccccc4n5-c4ccc(-c5ccccc5)c5ccccc45)ccc32)c2ccccc12. The third-order valence-electron chi connectivity index (χ3n) is 12.0. The van der Waals surface area contributed by atoms with Gasteiger partial charge >= 0.3 is 0 Å². The maximum atomic E-state index is 4.15. The molecular weight excluding hydrogens is 701 g/mol. The summed E-state index contributed by atoms with van der Waals surface area (Å²) in [6, 6.07) is 69.1. The summed E-state index contributed by atoms with van der Waals surface area (Å²) in [5.41, 5.74) is 14.4. The van der Waals surface area contributed by atoms with Crippen LogP contribution in [0.5, 0.6) is 0 Å². The topological polar surface area (TPSA) is 9.86 Å². The van der Waals surface area contributed by atoms with Gasteiger partial charge in [-0.1, -0.05) is 165 Å². The number of hydrogen-bond acceptors (Lipinski definition) is 0. The van der Waals surface area contributed by atoms with Crippen molar-refractivity contribution in [2.24, 2.45) is 0 Å². The van der Waals surface area contributed by atoms with Crippen LogP contribution in [-0.2, 0) is 0 Å². The lowest BCUT2D eigenvalue weighted by Gasteiger charge is -2.15. The van der Waals surface area contributed by atoms with Crippen LogP contribution in [0.15, 0.2) is 207 Å². The van der Waals surface area contributed by atoms with Gasteiger partial charge in [0.2, 0.25) is 0 Å². The minimum absolute atomic E-state index is 0.960. The van der Waals surface area contributed by atoms with Crippen LogP contribution in [0.25, 0.3) is 104 Å². The predicted octanol–water partition coefficient (Wildman–Crippen LogP) is 15.5. The highest BCUT2D eigenvalue weighted by molar-refractivity contribution is 6.15. The van der Waals surface area contributed by atoms with Gasteiger partial charge < -0.3 is 9.13 Å². The maximum Gasteiger partial charge on any atom is 0.0541 e. The Morgan fingerprint density at radius 2 is 0.879 bits per heavy atom. The van der Waals surface area contributed by atoms with Crippen molar-refractivity contribution < 1.29 is 0 Å². The second-order valence-corrected chi connectivity index (χ2v) is 15.2. The number of aromatic nitrogens is 2. The Kier molecular flexibility index (Phi) is 7.97. The molecule has 0 atom stereocenters. The van der Waals surface area contributed by atoms with E-state index in [1.54, 1.807) is 0 Å². The molecule has 0 aliphatic rings. The van der Waals surface area contributed by atoms with Crippen molar-refractivity contribution in [2.75, 3.05) is 0 Å². The molecule has 0 saturated heterocycles. The normalized spacial score (nSPS) is 12.1. The molecule has 0 radical (unpaired) electrons. The van der Waals surface area contributed by atoms with E-state index in [1.165, 1.54) is 110 Å². The Balaban J connectivity index is 1.08. The summed E-state index contributed by atoms with van der Waals surface area (Å²) in [6.45, 7) is 6.32. The number of rotatable bonds is 7. The number of nitrogens with zero attached hydrogens (tertiary/aromatic N) is 2. The lowest BCUT2D eigenvalue weighted by molar-refractivity contribution is 1.20. The summed E-state index contributed by atoms with van der Waals surface area (Å²) in [7, 11) is 0. The van der Waals surface area contributed by atoms with Crippen LogP contribution in [0.3, 0.4) is 0 Å². The van der Waals surface area contributed by atoms with E-state index in [0.29, 0.717) is 0 Å². The Bertz CT molecular complexity index is 3450. The van der Waals surface area contributed by atoms with Gasteiger partial charge in [-0.15, -0.1) is 0 Å². The van der Waals surface area contributed by atoms with E-state index < -0.39 is 0 Å². The summed E-state index contributed by atoms with van der Waals surface area (Å²) in [5, 5.41) is 9.92. The van der Waals surface area contributed by atoms with Crippen LogP contribution in [-0.4, -0.2) is 9.13 Å². The van der Waals surface area contributed by atoms with Crippen molar-refractivity contribution in [1.82, 2.24) is 9.13 Å². The Labute approximate surface area is 337 Å². The van der Waals surface area contributed by atoms with Gasteiger partial charge in [-0.3, -0.25) is 0 Å². The van der Waals surface area contributed by atoms with Crippen molar-refractivity contribution >= 4 is 70.7 Å². The fourth-order valence-electron chi connectivity index (χ4n) is 9.42. The Hall–Kier alpha value is -7.42. The van der Waals surface area contributed by atoms with Crippen LogP contribution in [0.1, 0.15) is 18.9 Å². The largest absolute Gasteiger partial charge is 0.309 e. The fourth-order valence-corrected chi connectivity index (χ4v) is 9.42. The van der Waals surface area contributed by atoms with E-state index in [-0.39, 0.29) is 0 Å². The lowest BCUT2D eigenvalue weighted by Crippen LogP contribution is -1.97. The third-order valence-corrected chi connectivity index (χ3v) is 12.0. The van der Waals surface area contributed by atoms with Gasteiger partial charge in [-0.2, -0.15) is 0 Å². The first-order valence-electron chi connectivity index (χ1n) is 20.2. The summed E-state index contributed by atoms with van der Waals surface area (Å²) < 4.78 is 4.90. The van der Waals surface area contributed by atoms with Crippen molar-refractivity contribution in [2.45, 2.75) is 13.3 Å². The molecule has 274 valence electrons. The van der Waals surface area contributed by atoms with Crippen LogP contribution in [0.4, 0.5) is 0 Å². The minimum Gasteiger partial charge on any atom is -0.309 e. The molecule has 11 aromatic rings. The summed E-state index contributed by atoms with van der Waals surface area (Å²) in [6.07, 6.45) is 5.20. The van der Waals surface area contributed by atoms with Gasteiger partial charge in [0.1, 0.15) is 0 Å². The molecule has 0 unspecified atom stereocenters. The zero-order valence-corrected chi connectivity index (χ0v) is 32.4. The molecule has 2 aromatic heterocycles. The quantitative estimate of drug-likeness (QED) is 0.144. The van der Waals surface area contributed by atoms with Crippen molar-refractivity contribution in [3.8, 4) is 33.6 Å². The molecule has 11 rings (SSSR count). The van der Waals surface area contributed by atoms with Crippen LogP contribution < -0.4 is 0 Å². The first kappa shape index (κ1) is 33.9. The molecule has 9 aromatic carbocycles. The van der Waals surface area contributed by atoms with Crippen LogP contribution in [0, 0.1) is 0 Å². The molecule has 0 aliphatic carbocycles. The predicted molar refractivity (Wildman–Crippen MR) is 249 cm³/mol. The second-order valence-electron chi connectivity index (χ2n) is 15.2. The van der Waals surface area contributed by atoms with Gasteiger partial charge in [-0.05, 0) is 99.1 Å². The number of para-hydroxylation sites is 2. The highest BCUT2D eigenvalue weighted by atomic mass is 15.0. The average Bonchev–Trinajstić information content (AvgIpc) is 3.80. The van der Waals surface area contributed by atoms with E-state index >= 15 is 0 Å². The highest BCUT2D eigenvalue weighted by Gasteiger charge is 2.19. The molecule has 0 fully saturated rings. The van der Waals surface area contributed by atoms with Crippen LogP contribution in [0.2, 0.25) is 0 Å². The Morgan fingerprint density at radius 1 is 0.414 bits per heavy atom. The van der Waals surface area contributed by atoms with E-state index in [0.717, 1.165) is 6.42 Å². The molecule has 58 heavy (non-hydrogen) atoms. The molecule has 0 N–H and O–H groups in total. The summed E-state index contributed by atoms with van der Waals surface area (Å²) >= 11 is 0. The van der Waals surface area contributed by atoms with E-state index in [9.17, 15) is 0 Å².